The first kappa shape index (κ1) is 17.0. The molecule has 128 valence electrons. The van der Waals surface area contributed by atoms with Gasteiger partial charge in [0.2, 0.25) is 5.91 Å². The molecule has 0 aromatic heterocycles. The summed E-state index contributed by atoms with van der Waals surface area (Å²) in [5.41, 5.74) is 5.53. The predicted molar refractivity (Wildman–Crippen MR) is 93.9 cm³/mol. The molecule has 0 radical (unpaired) electrons. The van der Waals surface area contributed by atoms with Gasteiger partial charge in [-0.05, 0) is 40.2 Å². The molecular weight excluding hydrogens is 390 g/mol. The second kappa shape index (κ2) is 7.35. The highest BCUT2D eigenvalue weighted by atomic mass is 79.9. The Morgan fingerprint density at radius 3 is 2.60 bits per heavy atom. The number of hydrogen-bond donors (Lipinski definition) is 3. The molecule has 3 rings (SSSR count). The topological polar surface area (TPSA) is 96.5 Å². The lowest BCUT2D eigenvalue weighted by Crippen LogP contribution is -2.46. The summed E-state index contributed by atoms with van der Waals surface area (Å²) >= 11 is 3.26. The minimum absolute atomic E-state index is 0.226. The third kappa shape index (κ3) is 3.97. The highest BCUT2D eigenvalue weighted by Crippen LogP contribution is 2.29. The third-order valence-electron chi connectivity index (χ3n) is 3.51. The fraction of sp³-hybridized carbons (Fsp3) is 0.118. The molecule has 3 N–H and O–H groups in total. The van der Waals surface area contributed by atoms with Crippen molar-refractivity contribution in [2.75, 3.05) is 5.32 Å². The monoisotopic (exact) mass is 403 g/mol. The summed E-state index contributed by atoms with van der Waals surface area (Å²) in [6, 6.07) is 13.8. The molecule has 7 nitrogen and oxygen atoms in total. The van der Waals surface area contributed by atoms with E-state index in [4.69, 9.17) is 4.74 Å². The number of carbonyl (C=O) groups is 3. The summed E-state index contributed by atoms with van der Waals surface area (Å²) in [6.45, 7) is 0. The Labute approximate surface area is 151 Å². The van der Waals surface area contributed by atoms with Gasteiger partial charge in [-0.2, -0.15) is 0 Å². The molecule has 1 heterocycles. The van der Waals surface area contributed by atoms with Crippen LogP contribution in [0.5, 0.6) is 5.75 Å². The lowest BCUT2D eigenvalue weighted by atomic mass is 10.1. The van der Waals surface area contributed by atoms with Gasteiger partial charge >= 0.3 is 0 Å². The molecule has 1 atom stereocenters. The van der Waals surface area contributed by atoms with Crippen LogP contribution in [0.1, 0.15) is 16.8 Å². The van der Waals surface area contributed by atoms with Crippen molar-refractivity contribution in [3.05, 3.63) is 58.6 Å². The molecule has 1 aliphatic heterocycles. The van der Waals surface area contributed by atoms with E-state index in [2.05, 4.69) is 32.1 Å². The smallest absolute Gasteiger partial charge is 0.270 e. The number of fused-ring (bicyclic) bond motifs is 1. The molecule has 0 saturated heterocycles. The number of rotatable bonds is 3. The van der Waals surface area contributed by atoms with Crippen molar-refractivity contribution in [2.24, 2.45) is 0 Å². The van der Waals surface area contributed by atoms with Gasteiger partial charge < -0.3 is 10.1 Å². The van der Waals surface area contributed by atoms with Gasteiger partial charge in [-0.3, -0.25) is 25.2 Å². The SMILES string of the molecule is O=C(C[C@@H]1Oc2ccccc2NC1=O)NNC(=O)c1ccccc1Br. The second-order valence-electron chi connectivity index (χ2n) is 5.28. The van der Waals surface area contributed by atoms with E-state index in [9.17, 15) is 14.4 Å². The molecule has 0 unspecified atom stereocenters. The number of hydrazine groups is 1. The summed E-state index contributed by atoms with van der Waals surface area (Å²) in [5, 5.41) is 2.68. The zero-order chi connectivity index (χ0) is 17.8. The van der Waals surface area contributed by atoms with Crippen molar-refractivity contribution in [1.29, 1.82) is 0 Å². The van der Waals surface area contributed by atoms with E-state index in [0.29, 0.717) is 21.5 Å². The molecule has 0 spiro atoms. The fourth-order valence-electron chi connectivity index (χ4n) is 2.29. The molecule has 0 saturated carbocycles. The summed E-state index contributed by atoms with van der Waals surface area (Å²) in [5.74, 6) is -0.928. The number of benzene rings is 2. The Morgan fingerprint density at radius 2 is 1.80 bits per heavy atom. The summed E-state index contributed by atoms with van der Waals surface area (Å²) in [4.78, 5) is 36.0. The van der Waals surface area contributed by atoms with Gasteiger partial charge in [-0.25, -0.2) is 0 Å². The van der Waals surface area contributed by atoms with Crippen LogP contribution in [0, 0.1) is 0 Å². The van der Waals surface area contributed by atoms with Crippen LogP contribution in [-0.4, -0.2) is 23.8 Å². The molecule has 2 aromatic rings. The maximum Gasteiger partial charge on any atom is 0.270 e. The maximum absolute atomic E-state index is 12.0. The van der Waals surface area contributed by atoms with Gasteiger partial charge in [0.1, 0.15) is 5.75 Å². The van der Waals surface area contributed by atoms with E-state index in [0.717, 1.165) is 0 Å². The number of amides is 3. The molecule has 25 heavy (non-hydrogen) atoms. The summed E-state index contributed by atoms with van der Waals surface area (Å²) in [7, 11) is 0. The number of para-hydroxylation sites is 2. The van der Waals surface area contributed by atoms with Gasteiger partial charge in [0.25, 0.3) is 11.8 Å². The van der Waals surface area contributed by atoms with Crippen molar-refractivity contribution < 1.29 is 19.1 Å². The van der Waals surface area contributed by atoms with Crippen LogP contribution < -0.4 is 20.9 Å². The fourth-order valence-corrected chi connectivity index (χ4v) is 2.75. The highest BCUT2D eigenvalue weighted by Gasteiger charge is 2.29. The number of anilines is 1. The maximum atomic E-state index is 12.0. The van der Waals surface area contributed by atoms with Crippen molar-refractivity contribution in [3.8, 4) is 5.75 Å². The summed E-state index contributed by atoms with van der Waals surface area (Å²) < 4.78 is 6.14. The molecule has 8 heteroatoms. The van der Waals surface area contributed by atoms with Crippen molar-refractivity contribution >= 4 is 39.3 Å². The Balaban J connectivity index is 1.56. The molecule has 0 aliphatic carbocycles. The minimum atomic E-state index is -0.963. The largest absolute Gasteiger partial charge is 0.478 e. The molecular formula is C17H14BrN3O4. The van der Waals surface area contributed by atoms with Crippen molar-refractivity contribution in [3.63, 3.8) is 0 Å². The Hall–Kier alpha value is -2.87. The highest BCUT2D eigenvalue weighted by molar-refractivity contribution is 9.10. The van der Waals surface area contributed by atoms with E-state index in [1.807, 2.05) is 0 Å². The van der Waals surface area contributed by atoms with Crippen molar-refractivity contribution in [2.45, 2.75) is 12.5 Å². The lowest BCUT2D eigenvalue weighted by Gasteiger charge is -2.25. The number of nitrogens with one attached hydrogen (secondary N) is 3. The van der Waals surface area contributed by atoms with Crippen LogP contribution in [0.25, 0.3) is 0 Å². The standard InChI is InChI=1S/C17H14BrN3O4/c18-11-6-2-1-5-10(11)16(23)21-20-15(22)9-14-17(24)19-12-7-3-4-8-13(12)25-14/h1-8,14H,9H2,(H,19,24)(H,20,22)(H,21,23)/t14-/m0/s1. The number of carbonyl (C=O) groups excluding carboxylic acids is 3. The lowest BCUT2D eigenvalue weighted by molar-refractivity contribution is -0.130. The van der Waals surface area contributed by atoms with Gasteiger partial charge in [-0.1, -0.05) is 24.3 Å². The van der Waals surface area contributed by atoms with E-state index < -0.39 is 23.8 Å². The van der Waals surface area contributed by atoms with E-state index in [1.165, 1.54) is 0 Å². The normalized spacial score (nSPS) is 15.4. The van der Waals surface area contributed by atoms with Crippen LogP contribution in [-0.2, 0) is 9.59 Å². The molecule has 3 amide bonds. The first-order valence-corrected chi connectivity index (χ1v) is 8.24. The molecule has 1 aliphatic rings. The van der Waals surface area contributed by atoms with Crippen LogP contribution in [0.4, 0.5) is 5.69 Å². The number of ether oxygens (including phenoxy) is 1. The summed E-state index contributed by atoms with van der Waals surface area (Å²) in [6.07, 6.45) is -1.19. The van der Waals surface area contributed by atoms with Gasteiger partial charge in [0.05, 0.1) is 17.7 Å². The third-order valence-corrected chi connectivity index (χ3v) is 4.20. The molecule has 2 aromatic carbocycles. The zero-order valence-corrected chi connectivity index (χ0v) is 14.5. The molecule has 0 fully saturated rings. The first-order valence-electron chi connectivity index (χ1n) is 7.45. The first-order chi connectivity index (χ1) is 12.0. The van der Waals surface area contributed by atoms with Gasteiger partial charge in [0.15, 0.2) is 6.10 Å². The van der Waals surface area contributed by atoms with Crippen LogP contribution in [0.2, 0.25) is 0 Å². The Morgan fingerprint density at radius 1 is 1.08 bits per heavy atom. The Kier molecular flexibility index (Phi) is 4.99. The average Bonchev–Trinajstić information content (AvgIpc) is 2.61. The van der Waals surface area contributed by atoms with E-state index in [1.54, 1.807) is 48.5 Å². The minimum Gasteiger partial charge on any atom is -0.478 e. The van der Waals surface area contributed by atoms with Crippen molar-refractivity contribution in [1.82, 2.24) is 10.9 Å². The van der Waals surface area contributed by atoms with Crippen LogP contribution >= 0.6 is 15.9 Å². The van der Waals surface area contributed by atoms with Gasteiger partial charge in [0, 0.05) is 4.47 Å². The molecule has 0 bridgehead atoms. The Bertz CT molecular complexity index is 840. The van der Waals surface area contributed by atoms with Crippen LogP contribution in [0.3, 0.4) is 0 Å². The van der Waals surface area contributed by atoms with Crippen LogP contribution in [0.15, 0.2) is 53.0 Å². The number of hydrogen-bond acceptors (Lipinski definition) is 4. The second-order valence-corrected chi connectivity index (χ2v) is 6.13. The number of halogens is 1. The van der Waals surface area contributed by atoms with E-state index in [-0.39, 0.29) is 6.42 Å². The average molecular weight is 404 g/mol. The van der Waals surface area contributed by atoms with E-state index >= 15 is 0 Å². The quantitative estimate of drug-likeness (QED) is 0.682. The van der Waals surface area contributed by atoms with Gasteiger partial charge in [-0.15, -0.1) is 0 Å². The predicted octanol–water partition coefficient (Wildman–Crippen LogP) is 2.00. The zero-order valence-electron chi connectivity index (χ0n) is 12.9.